The van der Waals surface area contributed by atoms with E-state index in [9.17, 15) is 5.11 Å². The maximum atomic E-state index is 10.5. The molecule has 0 radical (unpaired) electrons. The van der Waals surface area contributed by atoms with E-state index in [-0.39, 0.29) is 30.1 Å². The summed E-state index contributed by atoms with van der Waals surface area (Å²) in [4.78, 5) is 4.57. The molecule has 1 saturated heterocycles. The van der Waals surface area contributed by atoms with Crippen LogP contribution in [-0.2, 0) is 9.47 Å². The summed E-state index contributed by atoms with van der Waals surface area (Å²) in [5.74, 6) is 0.788. The van der Waals surface area contributed by atoms with Crippen LogP contribution in [0.5, 0.6) is 0 Å². The van der Waals surface area contributed by atoms with Crippen LogP contribution >= 0.6 is 24.0 Å². The van der Waals surface area contributed by atoms with E-state index in [2.05, 4.69) is 22.5 Å². The summed E-state index contributed by atoms with van der Waals surface area (Å²) in [7, 11) is 0. The number of halogens is 1. The van der Waals surface area contributed by atoms with Crippen LogP contribution < -0.4 is 10.6 Å². The minimum absolute atomic E-state index is 0. The summed E-state index contributed by atoms with van der Waals surface area (Å²) in [6.45, 7) is 6.47. The average molecular weight is 455 g/mol. The maximum Gasteiger partial charge on any atom is 0.191 e. The molecule has 1 saturated carbocycles. The smallest absolute Gasteiger partial charge is 0.191 e. The van der Waals surface area contributed by atoms with E-state index < -0.39 is 5.60 Å². The molecule has 24 heavy (non-hydrogen) atoms. The second-order valence-electron chi connectivity index (χ2n) is 6.62. The van der Waals surface area contributed by atoms with Crippen molar-refractivity contribution in [2.45, 2.75) is 63.6 Å². The highest BCUT2D eigenvalue weighted by molar-refractivity contribution is 14.0. The van der Waals surface area contributed by atoms with Crippen LogP contribution in [-0.4, -0.2) is 62.2 Å². The minimum atomic E-state index is -0.605. The van der Waals surface area contributed by atoms with Crippen molar-refractivity contribution in [2.24, 2.45) is 4.99 Å². The Hall–Kier alpha value is -0.120. The molecule has 6 nitrogen and oxygen atoms in total. The van der Waals surface area contributed by atoms with Crippen LogP contribution in [0, 0.1) is 0 Å². The molecule has 7 heteroatoms. The largest absolute Gasteiger partial charge is 0.388 e. The molecule has 1 unspecified atom stereocenters. The first-order valence-corrected chi connectivity index (χ1v) is 9.16. The molecule has 2 aliphatic rings. The Morgan fingerprint density at radius 1 is 1.29 bits per heavy atom. The molecule has 1 atom stereocenters. The van der Waals surface area contributed by atoms with E-state index in [1.807, 2.05) is 0 Å². The van der Waals surface area contributed by atoms with Crippen LogP contribution in [0.3, 0.4) is 0 Å². The third-order valence-electron chi connectivity index (χ3n) is 4.51. The summed E-state index contributed by atoms with van der Waals surface area (Å²) in [6, 6.07) is 0. The summed E-state index contributed by atoms with van der Waals surface area (Å²) in [6.07, 6.45) is 7.41. The predicted octanol–water partition coefficient (Wildman–Crippen LogP) is 2.05. The van der Waals surface area contributed by atoms with Gasteiger partial charge >= 0.3 is 0 Å². The Bertz CT molecular complexity index is 357. The molecule has 1 aliphatic carbocycles. The number of hydrogen-bond acceptors (Lipinski definition) is 4. The topological polar surface area (TPSA) is 75.1 Å². The predicted molar refractivity (Wildman–Crippen MR) is 107 cm³/mol. The number of aliphatic hydroxyl groups is 1. The molecule has 2 rings (SSSR count). The second-order valence-corrected chi connectivity index (χ2v) is 6.62. The third kappa shape index (κ3) is 8.31. The summed E-state index contributed by atoms with van der Waals surface area (Å²) >= 11 is 0. The molecule has 1 aliphatic heterocycles. The van der Waals surface area contributed by atoms with Crippen molar-refractivity contribution >= 4 is 29.9 Å². The van der Waals surface area contributed by atoms with Gasteiger partial charge in [-0.2, -0.15) is 0 Å². The number of guanidine groups is 1. The Labute approximate surface area is 163 Å². The normalized spacial score (nSPS) is 23.6. The number of aliphatic imine (C=N–C) groups is 1. The van der Waals surface area contributed by atoms with E-state index in [1.54, 1.807) is 0 Å². The zero-order chi connectivity index (χ0) is 16.4. The Morgan fingerprint density at radius 3 is 2.75 bits per heavy atom. The van der Waals surface area contributed by atoms with Gasteiger partial charge in [-0.05, 0) is 32.6 Å². The number of rotatable bonds is 8. The molecule has 0 spiro atoms. The molecule has 3 N–H and O–H groups in total. The van der Waals surface area contributed by atoms with Gasteiger partial charge in [-0.25, -0.2) is 0 Å². The molecule has 0 aromatic rings. The first kappa shape index (κ1) is 21.9. The molecule has 142 valence electrons. The fourth-order valence-electron chi connectivity index (χ4n) is 3.11. The van der Waals surface area contributed by atoms with Crippen LogP contribution in [0.15, 0.2) is 4.99 Å². The Morgan fingerprint density at radius 2 is 2.08 bits per heavy atom. The van der Waals surface area contributed by atoms with E-state index in [0.717, 1.165) is 77.4 Å². The zero-order valence-corrected chi connectivity index (χ0v) is 17.2. The third-order valence-corrected chi connectivity index (χ3v) is 4.51. The summed E-state index contributed by atoms with van der Waals surface area (Å²) < 4.78 is 11.0. The summed E-state index contributed by atoms with van der Waals surface area (Å²) in [5, 5.41) is 17.1. The first-order valence-electron chi connectivity index (χ1n) is 9.16. The lowest BCUT2D eigenvalue weighted by Crippen LogP contribution is -2.41. The minimum Gasteiger partial charge on any atom is -0.388 e. The molecular weight excluding hydrogens is 421 g/mol. The SMILES string of the molecule is CCNC(=NCC1(O)CCCCC1)NCCCOC1CCOC1.I. The molecule has 0 amide bonds. The number of nitrogens with zero attached hydrogens (tertiary/aromatic N) is 1. The van der Waals surface area contributed by atoms with Crippen molar-refractivity contribution in [3.8, 4) is 0 Å². The van der Waals surface area contributed by atoms with Crippen molar-refractivity contribution in [3.63, 3.8) is 0 Å². The number of ether oxygens (including phenoxy) is 2. The lowest BCUT2D eigenvalue weighted by molar-refractivity contribution is 0.0131. The highest BCUT2D eigenvalue weighted by Crippen LogP contribution is 2.28. The van der Waals surface area contributed by atoms with Gasteiger partial charge in [0.05, 0.1) is 24.9 Å². The quantitative estimate of drug-likeness (QED) is 0.226. The van der Waals surface area contributed by atoms with Crippen LogP contribution in [0.2, 0.25) is 0 Å². The van der Waals surface area contributed by atoms with Gasteiger partial charge in [0, 0.05) is 26.3 Å². The number of hydrogen-bond donors (Lipinski definition) is 3. The monoisotopic (exact) mass is 455 g/mol. The van der Waals surface area contributed by atoms with Gasteiger partial charge in [-0.1, -0.05) is 19.3 Å². The van der Waals surface area contributed by atoms with E-state index in [4.69, 9.17) is 9.47 Å². The molecule has 1 heterocycles. The van der Waals surface area contributed by atoms with Crippen molar-refractivity contribution in [1.29, 1.82) is 0 Å². The van der Waals surface area contributed by atoms with Crippen LogP contribution in [0.1, 0.15) is 51.9 Å². The van der Waals surface area contributed by atoms with Gasteiger partial charge in [0.2, 0.25) is 0 Å². The fraction of sp³-hybridized carbons (Fsp3) is 0.941. The first-order chi connectivity index (χ1) is 11.2. The maximum absolute atomic E-state index is 10.5. The standard InChI is InChI=1S/C17H33N3O3.HI/c1-2-18-16(20-14-17(21)8-4-3-5-9-17)19-10-6-11-23-15-7-12-22-13-15;/h15,21H,2-14H2,1H3,(H2,18,19,20);1H. The van der Waals surface area contributed by atoms with Crippen molar-refractivity contribution < 1.29 is 14.6 Å². The van der Waals surface area contributed by atoms with E-state index >= 15 is 0 Å². The zero-order valence-electron chi connectivity index (χ0n) is 14.9. The van der Waals surface area contributed by atoms with Crippen LogP contribution in [0.25, 0.3) is 0 Å². The highest BCUT2D eigenvalue weighted by atomic mass is 127. The van der Waals surface area contributed by atoms with Gasteiger partial charge in [-0.15, -0.1) is 24.0 Å². The van der Waals surface area contributed by atoms with Gasteiger partial charge in [0.25, 0.3) is 0 Å². The van der Waals surface area contributed by atoms with Gasteiger partial charge in [-0.3, -0.25) is 4.99 Å². The van der Waals surface area contributed by atoms with Gasteiger partial charge in [0.1, 0.15) is 0 Å². The van der Waals surface area contributed by atoms with Crippen LogP contribution in [0.4, 0.5) is 0 Å². The average Bonchev–Trinajstić information content (AvgIpc) is 3.06. The molecule has 0 bridgehead atoms. The number of nitrogens with one attached hydrogen (secondary N) is 2. The lowest BCUT2D eigenvalue weighted by atomic mass is 9.85. The summed E-state index contributed by atoms with van der Waals surface area (Å²) in [5.41, 5.74) is -0.605. The van der Waals surface area contributed by atoms with Crippen molar-refractivity contribution in [1.82, 2.24) is 10.6 Å². The molecule has 0 aromatic carbocycles. The molecule has 0 aromatic heterocycles. The van der Waals surface area contributed by atoms with E-state index in [1.165, 1.54) is 6.42 Å². The lowest BCUT2D eigenvalue weighted by Gasteiger charge is -2.30. The van der Waals surface area contributed by atoms with Gasteiger partial charge in [0.15, 0.2) is 5.96 Å². The Kier molecular flexibility index (Phi) is 11.2. The molecule has 2 fully saturated rings. The van der Waals surface area contributed by atoms with Gasteiger partial charge < -0.3 is 25.2 Å². The highest BCUT2D eigenvalue weighted by Gasteiger charge is 2.28. The van der Waals surface area contributed by atoms with Crippen molar-refractivity contribution in [2.75, 3.05) is 39.5 Å². The Balaban J connectivity index is 0.00000288. The second kappa shape index (κ2) is 12.3. The fourth-order valence-corrected chi connectivity index (χ4v) is 3.11. The molecular formula is C17H34IN3O3. The van der Waals surface area contributed by atoms with Crippen molar-refractivity contribution in [3.05, 3.63) is 0 Å². The van der Waals surface area contributed by atoms with E-state index in [0.29, 0.717) is 6.54 Å².